The van der Waals surface area contributed by atoms with Crippen molar-refractivity contribution in [3.8, 4) is 0 Å². The van der Waals surface area contributed by atoms with Gasteiger partial charge in [-0.2, -0.15) is 0 Å². The number of ether oxygens (including phenoxy) is 1. The number of benzene rings is 3. The maximum Gasteiger partial charge on any atom is 0.415 e. The number of cyclic esters (lactones) is 1. The number of anilines is 1. The summed E-state index contributed by atoms with van der Waals surface area (Å²) in [6, 6.07) is 22.0. The Labute approximate surface area is 250 Å². The normalized spacial score (nSPS) is 17.1. The first-order valence-electron chi connectivity index (χ1n) is 14.1. The topological polar surface area (TPSA) is 102 Å². The zero-order valence-electron chi connectivity index (χ0n) is 23.9. The molecule has 4 unspecified atom stereocenters. The summed E-state index contributed by atoms with van der Waals surface area (Å²) in [5.41, 5.74) is 2.20. The molecule has 0 radical (unpaired) electrons. The maximum absolute atomic E-state index is 13.4. The van der Waals surface area contributed by atoms with Gasteiger partial charge in [0.05, 0.1) is 25.3 Å². The van der Waals surface area contributed by atoms with Crippen LogP contribution in [0.3, 0.4) is 0 Å². The molecule has 0 saturated carbocycles. The Hall–Kier alpha value is -3.44. The quantitative estimate of drug-likeness (QED) is 0.231. The average Bonchev–Trinajstić information content (AvgIpc) is 3.39. The van der Waals surface area contributed by atoms with E-state index in [4.69, 9.17) is 4.74 Å². The van der Waals surface area contributed by atoms with Crippen LogP contribution in [0, 0.1) is 11.7 Å². The summed E-state index contributed by atoms with van der Waals surface area (Å²) in [7, 11) is 0. The predicted octanol–water partition coefficient (Wildman–Crippen LogP) is 4.79. The van der Waals surface area contributed by atoms with Crippen molar-refractivity contribution in [1.82, 2.24) is 9.62 Å². The van der Waals surface area contributed by atoms with Crippen molar-refractivity contribution in [1.29, 1.82) is 0 Å². The van der Waals surface area contributed by atoms with Crippen molar-refractivity contribution in [2.24, 2.45) is 5.92 Å². The van der Waals surface area contributed by atoms with Crippen LogP contribution in [-0.4, -0.2) is 64.4 Å². The lowest BCUT2D eigenvalue weighted by Crippen LogP contribution is -2.52. The van der Waals surface area contributed by atoms with Crippen LogP contribution in [0.5, 0.6) is 0 Å². The van der Waals surface area contributed by atoms with Crippen LogP contribution >= 0.6 is 11.9 Å². The summed E-state index contributed by atoms with van der Waals surface area (Å²) in [5, 5.41) is 23.9. The minimum atomic E-state index is -1.08. The number of rotatable bonds is 14. The van der Waals surface area contributed by atoms with Crippen molar-refractivity contribution in [3.05, 3.63) is 95.8 Å². The molecule has 224 valence electrons. The van der Waals surface area contributed by atoms with E-state index in [9.17, 15) is 24.2 Å². The highest BCUT2D eigenvalue weighted by molar-refractivity contribution is 7.97. The van der Waals surface area contributed by atoms with Gasteiger partial charge in [0.25, 0.3) is 5.91 Å². The van der Waals surface area contributed by atoms with Gasteiger partial charge in [0.1, 0.15) is 5.82 Å². The molecule has 1 saturated heterocycles. The Balaban J connectivity index is 1.48. The number of nitrogens with zero attached hydrogens (tertiary/aromatic N) is 2. The summed E-state index contributed by atoms with van der Waals surface area (Å²) in [6.45, 7) is 5.22. The fourth-order valence-electron chi connectivity index (χ4n) is 4.62. The second-order valence-electron chi connectivity index (χ2n) is 10.6. The van der Waals surface area contributed by atoms with E-state index in [1.165, 1.54) is 41.1 Å². The van der Waals surface area contributed by atoms with Gasteiger partial charge in [-0.25, -0.2) is 13.5 Å². The summed E-state index contributed by atoms with van der Waals surface area (Å²) in [5.74, 6) is -0.561. The highest BCUT2D eigenvalue weighted by atomic mass is 32.2. The van der Waals surface area contributed by atoms with Crippen molar-refractivity contribution >= 4 is 29.6 Å². The highest BCUT2D eigenvalue weighted by Crippen LogP contribution is 2.26. The SMILES string of the molecule is CCC(C)CN(CC(O)C(Cc1ccccc1)NC(=O)C1CN(c2ccc(F)cc2)C(=O)O1)Sc1ccc(CO)cc1. The van der Waals surface area contributed by atoms with Crippen molar-refractivity contribution < 1.29 is 28.9 Å². The van der Waals surface area contributed by atoms with E-state index in [0.717, 1.165) is 29.0 Å². The third-order valence-electron chi connectivity index (χ3n) is 7.28. The molecular formula is C32H38FN3O5S. The van der Waals surface area contributed by atoms with Gasteiger partial charge in [0, 0.05) is 23.7 Å². The zero-order chi connectivity index (χ0) is 30.1. The Morgan fingerprint density at radius 1 is 1.07 bits per heavy atom. The Bertz CT molecular complexity index is 1300. The summed E-state index contributed by atoms with van der Waals surface area (Å²) >= 11 is 1.52. The predicted molar refractivity (Wildman–Crippen MR) is 161 cm³/mol. The number of aliphatic hydroxyl groups is 2. The lowest BCUT2D eigenvalue weighted by Gasteiger charge is -2.31. The summed E-state index contributed by atoms with van der Waals surface area (Å²) in [6.07, 6.45) is -1.36. The standard InChI is InChI=1S/C32H38FN3O5S/c1-3-22(2)18-35(42-27-15-9-24(21-37)10-16-27)19-29(38)28(17-23-7-5-4-6-8-23)34-31(39)30-20-36(32(40)41-30)26-13-11-25(33)12-14-26/h4-16,22,28-30,37-38H,3,17-21H2,1-2H3,(H,34,39). The molecule has 1 aliphatic rings. The van der Waals surface area contributed by atoms with Crippen LogP contribution in [0.2, 0.25) is 0 Å². The minimum Gasteiger partial charge on any atom is -0.434 e. The number of carbonyl (C=O) groups is 2. The molecule has 42 heavy (non-hydrogen) atoms. The molecule has 1 heterocycles. The molecule has 3 N–H and O–H groups in total. The first-order chi connectivity index (χ1) is 20.2. The van der Waals surface area contributed by atoms with Crippen molar-refractivity contribution in [2.75, 3.05) is 24.5 Å². The largest absolute Gasteiger partial charge is 0.434 e. The van der Waals surface area contributed by atoms with Gasteiger partial charge in [0.15, 0.2) is 6.10 Å². The first-order valence-corrected chi connectivity index (χ1v) is 14.9. The van der Waals surface area contributed by atoms with Gasteiger partial charge >= 0.3 is 6.09 Å². The molecule has 2 amide bonds. The van der Waals surface area contributed by atoms with E-state index >= 15 is 0 Å². The van der Waals surface area contributed by atoms with E-state index < -0.39 is 36.1 Å². The number of hydrogen-bond acceptors (Lipinski definition) is 7. The Morgan fingerprint density at radius 3 is 2.40 bits per heavy atom. The fraction of sp³-hybridized carbons (Fsp3) is 0.375. The molecule has 0 bridgehead atoms. The van der Waals surface area contributed by atoms with E-state index in [2.05, 4.69) is 23.5 Å². The fourth-order valence-corrected chi connectivity index (χ4v) is 5.74. The van der Waals surface area contributed by atoms with Crippen LogP contribution < -0.4 is 10.2 Å². The Kier molecular flexibility index (Phi) is 11.4. The van der Waals surface area contributed by atoms with Crippen LogP contribution in [0.25, 0.3) is 0 Å². The van der Waals surface area contributed by atoms with Gasteiger partial charge in [-0.05, 0) is 71.8 Å². The highest BCUT2D eigenvalue weighted by Gasteiger charge is 2.38. The van der Waals surface area contributed by atoms with Gasteiger partial charge in [-0.15, -0.1) is 0 Å². The Morgan fingerprint density at radius 2 is 1.76 bits per heavy atom. The second kappa shape index (κ2) is 15.2. The van der Waals surface area contributed by atoms with Crippen molar-refractivity contribution in [3.63, 3.8) is 0 Å². The van der Waals surface area contributed by atoms with Gasteiger partial charge in [-0.3, -0.25) is 9.69 Å². The first kappa shape index (κ1) is 31.5. The van der Waals surface area contributed by atoms with Gasteiger partial charge < -0.3 is 20.3 Å². The molecule has 4 rings (SSSR count). The van der Waals surface area contributed by atoms with Crippen LogP contribution in [0.15, 0.2) is 83.8 Å². The van der Waals surface area contributed by atoms with E-state index in [1.807, 2.05) is 54.6 Å². The molecule has 3 aromatic rings. The minimum absolute atomic E-state index is 0.0235. The van der Waals surface area contributed by atoms with E-state index in [-0.39, 0.29) is 19.7 Å². The molecule has 10 heteroatoms. The van der Waals surface area contributed by atoms with Crippen molar-refractivity contribution in [2.45, 2.75) is 56.4 Å². The molecule has 4 atom stereocenters. The molecule has 0 spiro atoms. The molecule has 8 nitrogen and oxygen atoms in total. The van der Waals surface area contributed by atoms with Crippen LogP contribution in [0.1, 0.15) is 31.4 Å². The van der Waals surface area contributed by atoms with Crippen LogP contribution in [-0.2, 0) is 22.6 Å². The lowest BCUT2D eigenvalue weighted by atomic mass is 10.0. The molecule has 1 aliphatic heterocycles. The lowest BCUT2D eigenvalue weighted by molar-refractivity contribution is -0.129. The summed E-state index contributed by atoms with van der Waals surface area (Å²) in [4.78, 5) is 28.2. The number of nitrogens with one attached hydrogen (secondary N) is 1. The molecule has 0 aromatic heterocycles. The maximum atomic E-state index is 13.4. The van der Waals surface area contributed by atoms with Gasteiger partial charge in [0.2, 0.25) is 0 Å². The molecular weight excluding hydrogens is 557 g/mol. The smallest absolute Gasteiger partial charge is 0.415 e. The summed E-state index contributed by atoms with van der Waals surface area (Å²) < 4.78 is 20.8. The average molecular weight is 596 g/mol. The van der Waals surface area contributed by atoms with Gasteiger partial charge in [-0.1, -0.05) is 62.7 Å². The third-order valence-corrected chi connectivity index (χ3v) is 8.32. The van der Waals surface area contributed by atoms with E-state index in [0.29, 0.717) is 18.0 Å². The molecule has 3 aromatic carbocycles. The number of hydrogen-bond donors (Lipinski definition) is 3. The van der Waals surface area contributed by atoms with Crippen LogP contribution in [0.4, 0.5) is 14.9 Å². The third kappa shape index (κ3) is 8.78. The zero-order valence-corrected chi connectivity index (χ0v) is 24.7. The number of carbonyl (C=O) groups excluding carboxylic acids is 2. The van der Waals surface area contributed by atoms with E-state index in [1.54, 1.807) is 0 Å². The molecule has 0 aliphatic carbocycles. The second-order valence-corrected chi connectivity index (χ2v) is 11.8. The number of amides is 2. The number of halogens is 1. The number of aliphatic hydroxyl groups excluding tert-OH is 2. The monoisotopic (exact) mass is 595 g/mol. The molecule has 1 fully saturated rings.